The number of ether oxygens (including phenoxy) is 3. The fraction of sp³-hybridized carbons (Fsp3) is 0.389. The van der Waals surface area contributed by atoms with E-state index >= 15 is 0 Å². The Kier molecular flexibility index (Phi) is 7.56. The molecule has 0 radical (unpaired) electrons. The van der Waals surface area contributed by atoms with Crippen LogP contribution < -0.4 is 14.8 Å². The third-order valence-electron chi connectivity index (χ3n) is 3.68. The van der Waals surface area contributed by atoms with Gasteiger partial charge in [0.15, 0.2) is 11.5 Å². The predicted molar refractivity (Wildman–Crippen MR) is 107 cm³/mol. The minimum Gasteiger partial charge on any atom is -0.493 e. The second kappa shape index (κ2) is 9.88. The molecule has 10 heteroatoms. The molecule has 150 valence electrons. The summed E-state index contributed by atoms with van der Waals surface area (Å²) >= 11 is 0.992. The number of anilines is 1. The average molecular weight is 407 g/mol. The molecule has 1 aliphatic heterocycles. The number of hydrogen-bond donors (Lipinski definition) is 1. The number of methoxy groups -OCH3 is 2. The van der Waals surface area contributed by atoms with Gasteiger partial charge < -0.3 is 19.5 Å². The first-order valence-corrected chi connectivity index (χ1v) is 9.37. The molecule has 2 rings (SSSR count). The number of esters is 1. The highest BCUT2D eigenvalue weighted by Crippen LogP contribution is 2.30. The van der Waals surface area contributed by atoms with E-state index in [2.05, 4.69) is 15.3 Å². The third-order valence-corrected chi connectivity index (χ3v) is 4.71. The van der Waals surface area contributed by atoms with Crippen molar-refractivity contribution in [1.82, 2.24) is 0 Å². The van der Waals surface area contributed by atoms with Gasteiger partial charge in [0.25, 0.3) is 0 Å². The second-order valence-electron chi connectivity index (χ2n) is 5.58. The number of benzene rings is 1. The standard InChI is InChI=1S/C18H21N3O6S/c1-5-27-17(23)15-10(2)19-18(24)21-16(15)28-9-14(22)20-11-6-7-12(25-3)13(8-11)26-4/h6-8,15H,5,9H2,1-4H3,(H,20,22). The Morgan fingerprint density at radius 3 is 2.54 bits per heavy atom. The Balaban J connectivity index is 2.04. The van der Waals surface area contributed by atoms with Crippen LogP contribution in [0, 0.1) is 5.92 Å². The summed E-state index contributed by atoms with van der Waals surface area (Å²) in [4.78, 5) is 43.5. The number of amides is 3. The van der Waals surface area contributed by atoms with E-state index in [9.17, 15) is 14.4 Å². The van der Waals surface area contributed by atoms with E-state index in [1.54, 1.807) is 32.0 Å². The highest BCUT2D eigenvalue weighted by atomic mass is 32.2. The Morgan fingerprint density at radius 1 is 1.18 bits per heavy atom. The van der Waals surface area contributed by atoms with E-state index in [1.165, 1.54) is 14.2 Å². The van der Waals surface area contributed by atoms with Gasteiger partial charge in [-0.1, -0.05) is 11.8 Å². The molecule has 1 heterocycles. The molecule has 9 nitrogen and oxygen atoms in total. The van der Waals surface area contributed by atoms with E-state index in [0.29, 0.717) is 22.9 Å². The highest BCUT2D eigenvalue weighted by Gasteiger charge is 2.33. The van der Waals surface area contributed by atoms with Crippen molar-refractivity contribution in [2.45, 2.75) is 13.8 Å². The van der Waals surface area contributed by atoms with Crippen LogP contribution in [0.4, 0.5) is 10.5 Å². The summed E-state index contributed by atoms with van der Waals surface area (Å²) in [5.41, 5.74) is 0.811. The van der Waals surface area contributed by atoms with E-state index < -0.39 is 17.9 Å². The third kappa shape index (κ3) is 5.32. The lowest BCUT2D eigenvalue weighted by Gasteiger charge is -2.19. The van der Waals surface area contributed by atoms with Crippen molar-refractivity contribution in [3.63, 3.8) is 0 Å². The van der Waals surface area contributed by atoms with Crippen molar-refractivity contribution in [2.75, 3.05) is 31.9 Å². The summed E-state index contributed by atoms with van der Waals surface area (Å²) in [6.07, 6.45) is 0. The van der Waals surface area contributed by atoms with Gasteiger partial charge in [-0.15, -0.1) is 0 Å². The topological polar surface area (TPSA) is 116 Å². The van der Waals surface area contributed by atoms with Gasteiger partial charge in [0.1, 0.15) is 5.92 Å². The van der Waals surface area contributed by atoms with Crippen molar-refractivity contribution >= 4 is 46.1 Å². The Bertz CT molecular complexity index is 837. The van der Waals surface area contributed by atoms with Crippen LogP contribution in [0.15, 0.2) is 28.2 Å². The van der Waals surface area contributed by atoms with Gasteiger partial charge in [0.2, 0.25) is 5.91 Å². The summed E-state index contributed by atoms with van der Waals surface area (Å²) in [6.45, 7) is 3.42. The molecule has 1 N–H and O–H groups in total. The van der Waals surface area contributed by atoms with Crippen LogP contribution in [0.1, 0.15) is 13.8 Å². The maximum atomic E-state index is 12.3. The maximum absolute atomic E-state index is 12.3. The van der Waals surface area contributed by atoms with E-state index in [0.717, 1.165) is 11.8 Å². The number of nitrogens with one attached hydrogen (secondary N) is 1. The fourth-order valence-corrected chi connectivity index (χ4v) is 3.37. The normalized spacial score (nSPS) is 16.0. The number of urea groups is 1. The van der Waals surface area contributed by atoms with Gasteiger partial charge in [-0.3, -0.25) is 9.59 Å². The SMILES string of the molecule is CCOC(=O)C1C(C)=NC(=O)N=C1SCC(=O)Nc1ccc(OC)c(OC)c1. The van der Waals surface area contributed by atoms with Crippen molar-refractivity contribution in [2.24, 2.45) is 15.9 Å². The first-order valence-electron chi connectivity index (χ1n) is 8.38. The zero-order valence-corrected chi connectivity index (χ0v) is 16.8. The molecule has 0 aliphatic carbocycles. The molecule has 1 aromatic rings. The number of carbonyl (C=O) groups is 3. The Hall–Kier alpha value is -2.88. The molecule has 0 spiro atoms. The van der Waals surface area contributed by atoms with Crippen LogP contribution in [0.25, 0.3) is 0 Å². The predicted octanol–water partition coefficient (Wildman–Crippen LogP) is 2.55. The number of carbonyl (C=O) groups excluding carboxylic acids is 3. The van der Waals surface area contributed by atoms with Gasteiger partial charge >= 0.3 is 12.0 Å². The van der Waals surface area contributed by atoms with Crippen LogP contribution in [-0.4, -0.2) is 55.2 Å². The second-order valence-corrected chi connectivity index (χ2v) is 6.57. The van der Waals surface area contributed by atoms with Crippen LogP contribution >= 0.6 is 11.8 Å². The van der Waals surface area contributed by atoms with Gasteiger partial charge in [-0.05, 0) is 26.0 Å². The zero-order valence-electron chi connectivity index (χ0n) is 16.0. The molecule has 0 aromatic heterocycles. The summed E-state index contributed by atoms with van der Waals surface area (Å²) in [5, 5.41) is 2.91. The van der Waals surface area contributed by atoms with Gasteiger partial charge in [-0.25, -0.2) is 4.79 Å². The largest absolute Gasteiger partial charge is 0.493 e. The summed E-state index contributed by atoms with van der Waals surface area (Å²) < 4.78 is 15.4. The molecule has 1 unspecified atom stereocenters. The number of rotatable bonds is 7. The number of nitrogens with zero attached hydrogens (tertiary/aromatic N) is 2. The number of thioether (sulfide) groups is 1. The lowest BCUT2D eigenvalue weighted by atomic mass is 10.1. The quantitative estimate of drug-likeness (QED) is 0.691. The molecule has 28 heavy (non-hydrogen) atoms. The fourth-order valence-electron chi connectivity index (χ4n) is 2.44. The van der Waals surface area contributed by atoms with Crippen molar-refractivity contribution in [1.29, 1.82) is 0 Å². The molecule has 1 aliphatic rings. The van der Waals surface area contributed by atoms with Crippen LogP contribution in [0.5, 0.6) is 11.5 Å². The van der Waals surface area contributed by atoms with Crippen molar-refractivity contribution in [3.05, 3.63) is 18.2 Å². The Labute approximate surface area is 166 Å². The molecule has 1 aromatic carbocycles. The van der Waals surface area contributed by atoms with Gasteiger partial charge in [0.05, 0.1) is 31.6 Å². The molecule has 0 fully saturated rings. The zero-order chi connectivity index (χ0) is 20.7. The molecule has 0 bridgehead atoms. The molecule has 1 atom stereocenters. The molecule has 3 amide bonds. The number of aliphatic imine (C=N–C) groups is 2. The average Bonchev–Trinajstić information content (AvgIpc) is 2.65. The highest BCUT2D eigenvalue weighted by molar-refractivity contribution is 8.14. The summed E-state index contributed by atoms with van der Waals surface area (Å²) in [7, 11) is 3.02. The van der Waals surface area contributed by atoms with E-state index in [-0.39, 0.29) is 23.3 Å². The minimum absolute atomic E-state index is 0.0519. The molecule has 0 saturated heterocycles. The molecular formula is C18H21N3O6S. The van der Waals surface area contributed by atoms with Gasteiger partial charge in [-0.2, -0.15) is 9.98 Å². The van der Waals surface area contributed by atoms with Crippen LogP contribution in [0.2, 0.25) is 0 Å². The van der Waals surface area contributed by atoms with E-state index in [1.807, 2.05) is 0 Å². The minimum atomic E-state index is -0.878. The lowest BCUT2D eigenvalue weighted by molar-refractivity contribution is -0.143. The van der Waals surface area contributed by atoms with E-state index in [4.69, 9.17) is 14.2 Å². The molecule has 0 saturated carbocycles. The monoisotopic (exact) mass is 407 g/mol. The Morgan fingerprint density at radius 2 is 1.89 bits per heavy atom. The summed E-state index contributed by atoms with van der Waals surface area (Å²) in [6, 6.07) is 4.26. The first-order chi connectivity index (χ1) is 13.4. The molecular weight excluding hydrogens is 386 g/mol. The maximum Gasteiger partial charge on any atom is 0.367 e. The number of hydrogen-bond acceptors (Lipinski definition) is 7. The smallest absolute Gasteiger partial charge is 0.367 e. The lowest BCUT2D eigenvalue weighted by Crippen LogP contribution is -2.34. The van der Waals surface area contributed by atoms with Crippen LogP contribution in [-0.2, 0) is 14.3 Å². The van der Waals surface area contributed by atoms with Crippen molar-refractivity contribution < 1.29 is 28.6 Å². The van der Waals surface area contributed by atoms with Crippen molar-refractivity contribution in [3.8, 4) is 11.5 Å². The van der Waals surface area contributed by atoms with Crippen LogP contribution in [0.3, 0.4) is 0 Å². The first kappa shape index (κ1) is 21.4. The van der Waals surface area contributed by atoms with Gasteiger partial charge in [0, 0.05) is 17.5 Å². The summed E-state index contributed by atoms with van der Waals surface area (Å²) in [5.74, 6) is -0.806.